The van der Waals surface area contributed by atoms with Crippen LogP contribution in [0.3, 0.4) is 0 Å². The molecule has 2 aliphatic heterocycles. The number of pyridine rings is 1. The number of anilines is 1. The highest BCUT2D eigenvalue weighted by Crippen LogP contribution is 2.30. The molecular formula is C19H27N5OS. The molecule has 140 valence electrons. The van der Waals surface area contributed by atoms with E-state index in [2.05, 4.69) is 25.1 Å². The lowest BCUT2D eigenvalue weighted by Crippen LogP contribution is -2.43. The number of nitrogens with zero attached hydrogens (tertiary/aromatic N) is 4. The molecule has 2 saturated heterocycles. The molecule has 4 rings (SSSR count). The van der Waals surface area contributed by atoms with E-state index in [4.69, 9.17) is 0 Å². The molecule has 0 saturated carbocycles. The third kappa shape index (κ3) is 4.15. The van der Waals surface area contributed by atoms with Gasteiger partial charge in [-0.25, -0.2) is 9.97 Å². The van der Waals surface area contributed by atoms with Gasteiger partial charge in [0.1, 0.15) is 10.3 Å². The summed E-state index contributed by atoms with van der Waals surface area (Å²) in [5.74, 6) is 0.368. The fraction of sp³-hybridized carbons (Fsp3) is 0.632. The van der Waals surface area contributed by atoms with Gasteiger partial charge in [-0.1, -0.05) is 17.8 Å². The number of thiazole rings is 1. The Hall–Kier alpha value is -1.73. The number of hydrogen-bond donors (Lipinski definition) is 1. The van der Waals surface area contributed by atoms with Crippen LogP contribution in [0.4, 0.5) is 5.13 Å². The number of aromatic nitrogens is 2. The van der Waals surface area contributed by atoms with Crippen molar-refractivity contribution in [2.45, 2.75) is 32.1 Å². The first-order chi connectivity index (χ1) is 12.8. The number of fused-ring (bicyclic) bond motifs is 1. The van der Waals surface area contributed by atoms with Gasteiger partial charge in [0, 0.05) is 38.3 Å². The highest BCUT2D eigenvalue weighted by atomic mass is 32.1. The number of amides is 1. The number of carbonyl (C=O) groups is 1. The second kappa shape index (κ2) is 8.31. The number of likely N-dealkylation sites (tertiary alicyclic amines) is 1. The van der Waals surface area contributed by atoms with E-state index in [-0.39, 0.29) is 11.8 Å². The summed E-state index contributed by atoms with van der Waals surface area (Å²) in [5.41, 5.74) is 0.963. The SMILES string of the molecule is O=C(NCCN1CCCCC1)C1CCN(c2nc3cccnc3s2)CC1. The summed E-state index contributed by atoms with van der Waals surface area (Å²) in [4.78, 5) is 27.3. The molecule has 0 atom stereocenters. The summed E-state index contributed by atoms with van der Waals surface area (Å²) in [6, 6.07) is 3.93. The lowest BCUT2D eigenvalue weighted by Gasteiger charge is -2.31. The largest absolute Gasteiger partial charge is 0.355 e. The van der Waals surface area contributed by atoms with Crippen LogP contribution in [0.1, 0.15) is 32.1 Å². The van der Waals surface area contributed by atoms with Gasteiger partial charge in [-0.05, 0) is 50.9 Å². The molecular weight excluding hydrogens is 346 g/mol. The smallest absolute Gasteiger partial charge is 0.223 e. The Kier molecular flexibility index (Phi) is 5.65. The lowest BCUT2D eigenvalue weighted by atomic mass is 9.96. The van der Waals surface area contributed by atoms with Crippen LogP contribution in [0.25, 0.3) is 10.3 Å². The van der Waals surface area contributed by atoms with E-state index in [1.807, 2.05) is 18.3 Å². The van der Waals surface area contributed by atoms with Gasteiger partial charge in [-0.15, -0.1) is 0 Å². The molecule has 0 spiro atoms. The zero-order chi connectivity index (χ0) is 17.8. The Bertz CT molecular complexity index is 701. The molecule has 0 radical (unpaired) electrons. The summed E-state index contributed by atoms with van der Waals surface area (Å²) in [7, 11) is 0. The fourth-order valence-electron chi connectivity index (χ4n) is 3.89. The van der Waals surface area contributed by atoms with E-state index in [0.29, 0.717) is 0 Å². The van der Waals surface area contributed by atoms with E-state index >= 15 is 0 Å². The average molecular weight is 374 g/mol. The van der Waals surface area contributed by atoms with E-state index < -0.39 is 0 Å². The molecule has 6 nitrogen and oxygen atoms in total. The Morgan fingerprint density at radius 1 is 1.19 bits per heavy atom. The van der Waals surface area contributed by atoms with Crippen molar-refractivity contribution in [1.29, 1.82) is 0 Å². The number of piperidine rings is 2. The minimum absolute atomic E-state index is 0.139. The molecule has 4 heterocycles. The van der Waals surface area contributed by atoms with E-state index in [0.717, 1.165) is 54.5 Å². The predicted molar refractivity (Wildman–Crippen MR) is 106 cm³/mol. The molecule has 2 aromatic rings. The van der Waals surface area contributed by atoms with Crippen molar-refractivity contribution in [2.24, 2.45) is 5.92 Å². The van der Waals surface area contributed by atoms with Crippen molar-refractivity contribution < 1.29 is 4.79 Å². The maximum Gasteiger partial charge on any atom is 0.223 e. The van der Waals surface area contributed by atoms with Gasteiger partial charge < -0.3 is 15.1 Å². The maximum absolute atomic E-state index is 12.5. The lowest BCUT2D eigenvalue weighted by molar-refractivity contribution is -0.125. The molecule has 1 amide bonds. The molecule has 26 heavy (non-hydrogen) atoms. The molecule has 1 N–H and O–H groups in total. The molecule has 7 heteroatoms. The number of carbonyl (C=O) groups excluding carboxylic acids is 1. The normalized spacial score (nSPS) is 19.8. The molecule has 0 bridgehead atoms. The van der Waals surface area contributed by atoms with E-state index in [1.165, 1.54) is 32.4 Å². The van der Waals surface area contributed by atoms with Crippen molar-refractivity contribution in [3.05, 3.63) is 18.3 Å². The zero-order valence-corrected chi connectivity index (χ0v) is 16.0. The summed E-state index contributed by atoms with van der Waals surface area (Å²) >= 11 is 1.64. The van der Waals surface area contributed by atoms with Gasteiger partial charge in [-0.2, -0.15) is 0 Å². The van der Waals surface area contributed by atoms with Gasteiger partial charge in [-0.3, -0.25) is 4.79 Å². The van der Waals surface area contributed by atoms with Crippen LogP contribution in [0.5, 0.6) is 0 Å². The van der Waals surface area contributed by atoms with Crippen molar-refractivity contribution in [2.75, 3.05) is 44.2 Å². The second-order valence-electron chi connectivity index (χ2n) is 7.28. The van der Waals surface area contributed by atoms with Crippen molar-refractivity contribution in [1.82, 2.24) is 20.2 Å². The summed E-state index contributed by atoms with van der Waals surface area (Å²) in [6.07, 6.45) is 7.57. The summed E-state index contributed by atoms with van der Waals surface area (Å²) in [5, 5.41) is 4.18. The maximum atomic E-state index is 12.5. The first-order valence-electron chi connectivity index (χ1n) is 9.76. The molecule has 0 aromatic carbocycles. The summed E-state index contributed by atoms with van der Waals surface area (Å²) < 4.78 is 0. The Balaban J connectivity index is 1.23. The van der Waals surface area contributed by atoms with Crippen LogP contribution in [-0.2, 0) is 4.79 Å². The number of nitrogens with one attached hydrogen (secondary N) is 1. The Morgan fingerprint density at radius 2 is 2.00 bits per heavy atom. The van der Waals surface area contributed by atoms with Crippen LogP contribution >= 0.6 is 11.3 Å². The highest BCUT2D eigenvalue weighted by molar-refractivity contribution is 7.21. The van der Waals surface area contributed by atoms with Crippen molar-refractivity contribution >= 4 is 32.7 Å². The third-order valence-electron chi connectivity index (χ3n) is 5.47. The van der Waals surface area contributed by atoms with Crippen LogP contribution in [0.2, 0.25) is 0 Å². The van der Waals surface area contributed by atoms with Gasteiger partial charge >= 0.3 is 0 Å². The van der Waals surface area contributed by atoms with Crippen molar-refractivity contribution in [3.63, 3.8) is 0 Å². The minimum Gasteiger partial charge on any atom is -0.355 e. The molecule has 2 aromatic heterocycles. The summed E-state index contributed by atoms with van der Waals surface area (Å²) in [6.45, 7) is 5.93. The quantitative estimate of drug-likeness (QED) is 0.873. The van der Waals surface area contributed by atoms with Crippen LogP contribution in [-0.4, -0.2) is 60.0 Å². The number of hydrogen-bond acceptors (Lipinski definition) is 6. The fourth-order valence-corrected chi connectivity index (χ4v) is 4.85. The first kappa shape index (κ1) is 17.7. The van der Waals surface area contributed by atoms with Crippen LogP contribution < -0.4 is 10.2 Å². The van der Waals surface area contributed by atoms with Gasteiger partial charge in [0.15, 0.2) is 5.13 Å². The monoisotopic (exact) mass is 373 g/mol. The Labute approximate surface area is 158 Å². The molecule has 2 aliphatic rings. The predicted octanol–water partition coefficient (Wildman–Crippen LogP) is 2.51. The second-order valence-corrected chi connectivity index (χ2v) is 8.23. The zero-order valence-electron chi connectivity index (χ0n) is 15.2. The number of rotatable bonds is 5. The molecule has 2 fully saturated rings. The van der Waals surface area contributed by atoms with E-state index in [9.17, 15) is 4.79 Å². The Morgan fingerprint density at radius 3 is 2.77 bits per heavy atom. The highest BCUT2D eigenvalue weighted by Gasteiger charge is 2.26. The third-order valence-corrected chi connectivity index (χ3v) is 6.51. The topological polar surface area (TPSA) is 61.4 Å². The average Bonchev–Trinajstić information content (AvgIpc) is 3.13. The standard InChI is InChI=1S/C19H27N5OS/c25-17(20-9-14-23-10-2-1-3-11-23)15-6-12-24(13-7-15)19-22-16-5-4-8-21-18(16)26-19/h4-5,8,15H,1-3,6-7,9-14H2,(H,20,25). The van der Waals surface area contributed by atoms with Crippen LogP contribution in [0, 0.1) is 5.92 Å². The first-order valence-corrected chi connectivity index (χ1v) is 10.6. The van der Waals surface area contributed by atoms with Gasteiger partial charge in [0.25, 0.3) is 0 Å². The molecule has 0 aliphatic carbocycles. The van der Waals surface area contributed by atoms with Crippen LogP contribution in [0.15, 0.2) is 18.3 Å². The molecule has 0 unspecified atom stereocenters. The van der Waals surface area contributed by atoms with Gasteiger partial charge in [0.05, 0.1) is 0 Å². The minimum atomic E-state index is 0.139. The van der Waals surface area contributed by atoms with E-state index in [1.54, 1.807) is 11.3 Å². The van der Waals surface area contributed by atoms with Crippen molar-refractivity contribution in [3.8, 4) is 0 Å². The van der Waals surface area contributed by atoms with Gasteiger partial charge in [0.2, 0.25) is 5.91 Å².